The van der Waals surface area contributed by atoms with Gasteiger partial charge in [-0.1, -0.05) is 0 Å². The Morgan fingerprint density at radius 1 is 0.933 bits per heavy atom. The monoisotopic (exact) mass is 435 g/mol. The Kier molecular flexibility index (Phi) is 5.99. The largest absolute Gasteiger partial charge is 0.448 e. The molecule has 0 spiro atoms. The molecule has 12 heteroatoms. The Labute approximate surface area is 165 Å². The van der Waals surface area contributed by atoms with Gasteiger partial charge in [0.25, 0.3) is 0 Å². The van der Waals surface area contributed by atoms with Crippen LogP contribution in [0.1, 0.15) is 41.5 Å². The van der Waals surface area contributed by atoms with Crippen molar-refractivity contribution in [3.8, 4) is 0 Å². The van der Waals surface area contributed by atoms with Crippen molar-refractivity contribution in [3.63, 3.8) is 0 Å². The van der Waals surface area contributed by atoms with E-state index in [-0.39, 0.29) is 6.42 Å². The van der Waals surface area contributed by atoms with Crippen molar-refractivity contribution in [1.82, 2.24) is 9.97 Å². The van der Waals surface area contributed by atoms with Gasteiger partial charge in [-0.05, 0) is 13.8 Å². The van der Waals surface area contributed by atoms with Crippen LogP contribution < -0.4 is 0 Å². The molecule has 6 nitrogen and oxygen atoms in total. The Morgan fingerprint density at radius 2 is 1.50 bits per heavy atom. The van der Waals surface area contributed by atoms with Crippen LogP contribution in [0, 0.1) is 49.0 Å². The van der Waals surface area contributed by atoms with Crippen LogP contribution in [0.15, 0.2) is 4.99 Å². The van der Waals surface area contributed by atoms with Gasteiger partial charge in [-0.2, -0.15) is 8.78 Å². The summed E-state index contributed by atoms with van der Waals surface area (Å²) in [5.74, 6) is -10.0. The zero-order valence-electron chi connectivity index (χ0n) is 15.6. The molecule has 30 heavy (non-hydrogen) atoms. The van der Waals surface area contributed by atoms with Crippen molar-refractivity contribution >= 4 is 5.90 Å². The number of nitrogens with zero attached hydrogens (tertiary/aromatic N) is 3. The third-order valence-electron chi connectivity index (χ3n) is 4.50. The van der Waals surface area contributed by atoms with Crippen LogP contribution >= 0.6 is 0 Å². The molecule has 0 bridgehead atoms. The van der Waals surface area contributed by atoms with Gasteiger partial charge in [0.2, 0.25) is 24.1 Å². The Bertz CT molecular complexity index is 981. The topological polar surface area (TPSA) is 87.8 Å². The van der Waals surface area contributed by atoms with Gasteiger partial charge < -0.3 is 14.9 Å². The van der Waals surface area contributed by atoms with Crippen LogP contribution in [0.2, 0.25) is 0 Å². The van der Waals surface area contributed by atoms with E-state index >= 15 is 0 Å². The zero-order chi connectivity index (χ0) is 22.3. The highest BCUT2D eigenvalue weighted by Crippen LogP contribution is 2.31. The first-order valence-electron chi connectivity index (χ1n) is 8.64. The lowest BCUT2D eigenvalue weighted by Crippen LogP contribution is -2.32. The number of rotatable bonds is 4. The molecule has 3 heterocycles. The maximum absolute atomic E-state index is 14.3. The van der Waals surface area contributed by atoms with Gasteiger partial charge >= 0.3 is 0 Å². The molecular weight excluding hydrogens is 420 g/mol. The zero-order valence-corrected chi connectivity index (χ0v) is 15.6. The molecule has 0 radical (unpaired) electrons. The van der Waals surface area contributed by atoms with E-state index in [4.69, 9.17) is 4.74 Å². The number of hydrogen-bond acceptors (Lipinski definition) is 6. The van der Waals surface area contributed by atoms with Gasteiger partial charge in [-0.15, -0.1) is 0 Å². The maximum atomic E-state index is 14.3. The van der Waals surface area contributed by atoms with E-state index in [0.29, 0.717) is 0 Å². The van der Waals surface area contributed by atoms with E-state index in [1.165, 1.54) is 0 Å². The van der Waals surface area contributed by atoms with Gasteiger partial charge in [-0.25, -0.2) is 32.5 Å². The van der Waals surface area contributed by atoms with E-state index in [9.17, 15) is 36.6 Å². The highest BCUT2D eigenvalue weighted by molar-refractivity contribution is 5.95. The summed E-state index contributed by atoms with van der Waals surface area (Å²) in [5.41, 5.74) is -3.02. The first-order valence-corrected chi connectivity index (χ1v) is 8.64. The summed E-state index contributed by atoms with van der Waals surface area (Å²) in [6.45, 7) is 2.13. The van der Waals surface area contributed by atoms with E-state index < -0.39 is 88.4 Å². The fourth-order valence-electron chi connectivity index (χ4n) is 3.06. The summed E-state index contributed by atoms with van der Waals surface area (Å²) < 4.78 is 88.5. The van der Waals surface area contributed by atoms with Gasteiger partial charge in [-0.3, -0.25) is 0 Å². The maximum Gasteiger partial charge on any atom is 0.250 e. The Morgan fingerprint density at radius 3 is 2.13 bits per heavy atom. The predicted molar refractivity (Wildman–Crippen MR) is 89.3 cm³/mol. The van der Waals surface area contributed by atoms with Crippen LogP contribution in [0.4, 0.5) is 26.3 Å². The average Bonchev–Trinajstić information content (AvgIpc) is 2.65. The number of halogens is 6. The standard InChI is InChI=1S/C18H15F6N3O3/c1-5-12(19)10(14(21)16(23)25-5)8(28)3-7-4-9(29)30-18(27-7)11-13(20)6(2)26-17(24)15(11)22/h7-9,28-29H,3-4H2,1-2H3. The molecule has 1 aliphatic heterocycles. The first kappa shape index (κ1) is 22.0. The number of pyridine rings is 2. The third kappa shape index (κ3) is 3.97. The minimum absolute atomic E-state index is 0.327. The Balaban J connectivity index is 1.97. The van der Waals surface area contributed by atoms with Crippen LogP contribution in [0.3, 0.4) is 0 Å². The van der Waals surface area contributed by atoms with Crippen molar-refractivity contribution in [3.05, 3.63) is 57.7 Å². The molecule has 0 aromatic carbocycles. The molecule has 0 fully saturated rings. The smallest absolute Gasteiger partial charge is 0.250 e. The third-order valence-corrected chi connectivity index (χ3v) is 4.50. The second kappa shape index (κ2) is 8.19. The summed E-state index contributed by atoms with van der Waals surface area (Å²) in [6, 6.07) is -1.16. The molecule has 0 saturated carbocycles. The SMILES string of the molecule is Cc1nc(F)c(F)c(C2=NC(CC(O)c3c(F)c(C)nc(F)c3F)CC(O)O2)c1F. The normalized spacial score (nSPS) is 20.0. The minimum atomic E-state index is -1.94. The molecule has 1 aliphatic rings. The fraction of sp³-hybridized carbons (Fsp3) is 0.389. The molecule has 3 rings (SSSR count). The molecule has 3 unspecified atom stereocenters. The molecule has 3 atom stereocenters. The average molecular weight is 435 g/mol. The lowest BCUT2D eigenvalue weighted by molar-refractivity contribution is -0.0498. The van der Waals surface area contributed by atoms with Gasteiger partial charge in [0.05, 0.1) is 29.1 Å². The highest BCUT2D eigenvalue weighted by Gasteiger charge is 2.33. The molecule has 2 aromatic heterocycles. The second-order valence-corrected chi connectivity index (χ2v) is 6.67. The van der Waals surface area contributed by atoms with Crippen LogP contribution in [0.25, 0.3) is 0 Å². The van der Waals surface area contributed by atoms with E-state index in [1.807, 2.05) is 0 Å². The van der Waals surface area contributed by atoms with Crippen LogP contribution in [0.5, 0.6) is 0 Å². The summed E-state index contributed by atoms with van der Waals surface area (Å²) in [5, 5.41) is 20.1. The van der Waals surface area contributed by atoms with Crippen molar-refractivity contribution in [2.45, 2.75) is 45.1 Å². The quantitative estimate of drug-likeness (QED) is 0.570. The molecule has 0 aliphatic carbocycles. The number of ether oxygens (including phenoxy) is 1. The molecular formula is C18H15F6N3O3. The summed E-state index contributed by atoms with van der Waals surface area (Å²) in [6.07, 6.45) is -4.51. The summed E-state index contributed by atoms with van der Waals surface area (Å²) >= 11 is 0. The Hall–Kier alpha value is -2.73. The van der Waals surface area contributed by atoms with Crippen LogP contribution in [-0.4, -0.2) is 38.4 Å². The van der Waals surface area contributed by atoms with Gasteiger partial charge in [0, 0.05) is 12.8 Å². The second-order valence-electron chi connectivity index (χ2n) is 6.67. The lowest BCUT2D eigenvalue weighted by atomic mass is 9.98. The lowest BCUT2D eigenvalue weighted by Gasteiger charge is -2.27. The summed E-state index contributed by atoms with van der Waals surface area (Å²) in [4.78, 5) is 9.88. The van der Waals surface area contributed by atoms with Gasteiger partial charge in [0.15, 0.2) is 23.3 Å². The van der Waals surface area contributed by atoms with Crippen molar-refractivity contribution < 1.29 is 41.3 Å². The molecule has 2 aromatic rings. The number of aryl methyl sites for hydroxylation is 2. The molecule has 162 valence electrons. The molecule has 0 saturated heterocycles. The van der Waals surface area contributed by atoms with E-state index in [2.05, 4.69) is 15.0 Å². The van der Waals surface area contributed by atoms with Gasteiger partial charge in [0.1, 0.15) is 5.56 Å². The number of aliphatic imine (C=N–C) groups is 1. The van der Waals surface area contributed by atoms with E-state index in [1.54, 1.807) is 0 Å². The minimum Gasteiger partial charge on any atom is -0.448 e. The number of aliphatic hydroxyl groups is 2. The molecule has 2 N–H and O–H groups in total. The summed E-state index contributed by atoms with van der Waals surface area (Å²) in [7, 11) is 0. The molecule has 0 amide bonds. The predicted octanol–water partition coefficient (Wildman–Crippen LogP) is 2.91. The van der Waals surface area contributed by atoms with Crippen molar-refractivity contribution in [2.75, 3.05) is 0 Å². The fourth-order valence-corrected chi connectivity index (χ4v) is 3.06. The van der Waals surface area contributed by atoms with Crippen molar-refractivity contribution in [2.24, 2.45) is 4.99 Å². The number of aromatic nitrogens is 2. The number of aliphatic hydroxyl groups excluding tert-OH is 2. The highest BCUT2D eigenvalue weighted by atomic mass is 19.2. The van der Waals surface area contributed by atoms with E-state index in [0.717, 1.165) is 13.8 Å². The van der Waals surface area contributed by atoms with Crippen molar-refractivity contribution in [1.29, 1.82) is 0 Å². The number of hydrogen-bond donors (Lipinski definition) is 2. The first-order chi connectivity index (χ1) is 14.0. The van der Waals surface area contributed by atoms with Crippen LogP contribution in [-0.2, 0) is 4.74 Å².